The molecule has 3 rings (SSSR count). The summed E-state index contributed by atoms with van der Waals surface area (Å²) in [6.07, 6.45) is 5.65. The molecule has 0 bridgehead atoms. The van der Waals surface area contributed by atoms with Gasteiger partial charge in [-0.3, -0.25) is 0 Å². The minimum Gasteiger partial charge on any atom is -0.338 e. The van der Waals surface area contributed by atoms with Crippen LogP contribution in [0.3, 0.4) is 0 Å². The van der Waals surface area contributed by atoms with E-state index in [1.165, 1.54) is 0 Å². The van der Waals surface area contributed by atoms with Crippen LogP contribution in [0.5, 0.6) is 0 Å². The van der Waals surface area contributed by atoms with Crippen molar-refractivity contribution in [3.05, 3.63) is 41.9 Å². The van der Waals surface area contributed by atoms with Gasteiger partial charge in [0.15, 0.2) is 9.84 Å². The summed E-state index contributed by atoms with van der Waals surface area (Å²) in [5.74, 6) is 0.318. The summed E-state index contributed by atoms with van der Waals surface area (Å²) in [5, 5.41) is 5.87. The molecule has 0 unspecified atom stereocenters. The molecule has 0 spiro atoms. The highest BCUT2D eigenvalue weighted by Crippen LogP contribution is 2.24. The van der Waals surface area contributed by atoms with Gasteiger partial charge in [0.25, 0.3) is 0 Å². The van der Waals surface area contributed by atoms with Gasteiger partial charge in [-0.1, -0.05) is 11.6 Å². The van der Waals surface area contributed by atoms with Crippen molar-refractivity contribution in [1.29, 1.82) is 0 Å². The summed E-state index contributed by atoms with van der Waals surface area (Å²) in [6.45, 7) is 0.339. The van der Waals surface area contributed by atoms with Crippen LogP contribution in [-0.4, -0.2) is 42.1 Å². The first-order chi connectivity index (χ1) is 11.4. The molecule has 1 aromatic heterocycles. The number of nitrogens with zero attached hydrogens (tertiary/aromatic N) is 2. The van der Waals surface area contributed by atoms with E-state index >= 15 is 0 Å². The minimum absolute atomic E-state index is 0.0204. The van der Waals surface area contributed by atoms with Gasteiger partial charge in [-0.25, -0.2) is 18.2 Å². The summed E-state index contributed by atoms with van der Waals surface area (Å²) < 4.78 is 24.6. The molecule has 1 aliphatic rings. The Hall–Kier alpha value is -2.06. The van der Waals surface area contributed by atoms with Crippen molar-refractivity contribution in [3.8, 4) is 5.69 Å². The maximum absolute atomic E-state index is 11.9. The highest BCUT2D eigenvalue weighted by Gasteiger charge is 2.27. The monoisotopic (exact) mass is 368 g/mol. The zero-order valence-corrected chi connectivity index (χ0v) is 14.3. The quantitative estimate of drug-likeness (QED) is 0.864. The van der Waals surface area contributed by atoms with Crippen molar-refractivity contribution in [1.82, 2.24) is 14.9 Å². The van der Waals surface area contributed by atoms with Crippen molar-refractivity contribution in [3.63, 3.8) is 0 Å². The van der Waals surface area contributed by atoms with Crippen molar-refractivity contribution in [2.45, 2.75) is 6.42 Å². The SMILES string of the molecule is O=C(NC[C@H]1CCS(=O)(=O)C1)Nc1ccc(-n2ccnc2)c(Cl)c1. The number of aromatic nitrogens is 2. The number of anilines is 1. The van der Waals surface area contributed by atoms with E-state index in [2.05, 4.69) is 15.6 Å². The highest BCUT2D eigenvalue weighted by atomic mass is 35.5. The number of nitrogens with one attached hydrogen (secondary N) is 2. The molecule has 7 nitrogen and oxygen atoms in total. The maximum Gasteiger partial charge on any atom is 0.319 e. The number of carbonyl (C=O) groups excluding carboxylic acids is 1. The van der Waals surface area contributed by atoms with E-state index in [9.17, 15) is 13.2 Å². The number of carbonyl (C=O) groups is 1. The number of urea groups is 1. The summed E-state index contributed by atoms with van der Waals surface area (Å²) >= 11 is 6.23. The second kappa shape index (κ2) is 6.82. The number of amides is 2. The number of hydrogen-bond acceptors (Lipinski definition) is 4. The van der Waals surface area contributed by atoms with Gasteiger partial charge >= 0.3 is 6.03 Å². The van der Waals surface area contributed by atoms with Gasteiger partial charge in [0.05, 0.1) is 28.5 Å². The number of sulfone groups is 1. The van der Waals surface area contributed by atoms with Crippen LogP contribution < -0.4 is 10.6 Å². The second-order valence-corrected chi connectivity index (χ2v) is 8.38. The van der Waals surface area contributed by atoms with Crippen molar-refractivity contribution < 1.29 is 13.2 Å². The molecule has 9 heteroatoms. The number of rotatable bonds is 4. The Morgan fingerprint density at radius 1 is 1.42 bits per heavy atom. The van der Waals surface area contributed by atoms with Gasteiger partial charge in [-0.15, -0.1) is 0 Å². The molecular formula is C15H17ClN4O3S. The average Bonchev–Trinajstić information content (AvgIpc) is 3.15. The van der Waals surface area contributed by atoms with E-state index in [0.29, 0.717) is 23.7 Å². The van der Waals surface area contributed by atoms with Crippen LogP contribution in [0.25, 0.3) is 5.69 Å². The first-order valence-electron chi connectivity index (χ1n) is 7.46. The zero-order chi connectivity index (χ0) is 17.2. The normalized spacial score (nSPS) is 19.1. The molecule has 1 fully saturated rings. The first kappa shape index (κ1) is 16.8. The zero-order valence-electron chi connectivity index (χ0n) is 12.8. The van der Waals surface area contributed by atoms with Crippen LogP contribution >= 0.6 is 11.6 Å². The van der Waals surface area contributed by atoms with E-state index in [4.69, 9.17) is 11.6 Å². The predicted octanol–water partition coefficient (Wildman–Crippen LogP) is 2.08. The lowest BCUT2D eigenvalue weighted by Crippen LogP contribution is -2.33. The van der Waals surface area contributed by atoms with Crippen LogP contribution in [0.15, 0.2) is 36.9 Å². The fourth-order valence-corrected chi connectivity index (χ4v) is 4.78. The molecule has 1 aliphatic heterocycles. The summed E-state index contributed by atoms with van der Waals surface area (Å²) in [5.41, 5.74) is 1.32. The highest BCUT2D eigenvalue weighted by molar-refractivity contribution is 7.91. The first-order valence-corrected chi connectivity index (χ1v) is 9.66. The Balaban J connectivity index is 1.56. The van der Waals surface area contributed by atoms with Crippen LogP contribution in [-0.2, 0) is 9.84 Å². The molecule has 24 heavy (non-hydrogen) atoms. The van der Waals surface area contributed by atoms with Crippen molar-refractivity contribution >= 4 is 33.2 Å². The molecule has 2 heterocycles. The number of imidazole rings is 1. The summed E-state index contributed by atoms with van der Waals surface area (Å²) in [4.78, 5) is 15.9. The van der Waals surface area contributed by atoms with Gasteiger partial charge < -0.3 is 15.2 Å². The van der Waals surface area contributed by atoms with E-state index in [0.717, 1.165) is 5.69 Å². The van der Waals surface area contributed by atoms with E-state index in [-0.39, 0.29) is 23.5 Å². The third kappa shape index (κ3) is 4.07. The van der Waals surface area contributed by atoms with Crippen molar-refractivity contribution in [2.75, 3.05) is 23.4 Å². The van der Waals surface area contributed by atoms with E-state index in [1.54, 1.807) is 41.5 Å². The summed E-state index contributed by atoms with van der Waals surface area (Å²) in [7, 11) is -2.93. The van der Waals surface area contributed by atoms with E-state index < -0.39 is 9.84 Å². The standard InChI is InChI=1S/C15H17ClN4O3S/c16-13-7-12(1-2-14(13)20-5-4-17-10-20)19-15(21)18-8-11-3-6-24(22,23)9-11/h1-2,4-5,7,10-11H,3,6,8-9H2,(H2,18,19,21)/t11-/m1/s1. The molecule has 0 saturated carbocycles. The molecule has 2 aromatic rings. The molecular weight excluding hydrogens is 352 g/mol. The molecule has 1 saturated heterocycles. The van der Waals surface area contributed by atoms with Crippen LogP contribution in [0.2, 0.25) is 5.02 Å². The molecule has 2 N–H and O–H groups in total. The largest absolute Gasteiger partial charge is 0.338 e. The molecule has 2 amide bonds. The Bertz CT molecular complexity index is 836. The third-order valence-corrected chi connectivity index (χ3v) is 6.01. The van der Waals surface area contributed by atoms with Crippen LogP contribution in [0, 0.1) is 5.92 Å². The molecule has 0 radical (unpaired) electrons. The minimum atomic E-state index is -2.93. The second-order valence-electron chi connectivity index (χ2n) is 5.74. The number of benzene rings is 1. The Kier molecular flexibility index (Phi) is 4.77. The Morgan fingerprint density at radius 2 is 2.25 bits per heavy atom. The fourth-order valence-electron chi connectivity index (χ4n) is 2.64. The van der Waals surface area contributed by atoms with Gasteiger partial charge in [0.2, 0.25) is 0 Å². The molecule has 1 atom stereocenters. The molecule has 1 aromatic carbocycles. The molecule has 0 aliphatic carbocycles. The Labute approximate surface area is 145 Å². The lowest BCUT2D eigenvalue weighted by molar-refractivity contribution is 0.250. The van der Waals surface area contributed by atoms with Gasteiger partial charge in [-0.05, 0) is 30.5 Å². The number of hydrogen-bond donors (Lipinski definition) is 2. The lowest BCUT2D eigenvalue weighted by atomic mass is 10.1. The van der Waals surface area contributed by atoms with E-state index in [1.807, 2.05) is 0 Å². The third-order valence-electron chi connectivity index (χ3n) is 3.87. The van der Waals surface area contributed by atoms with Gasteiger partial charge in [0, 0.05) is 24.6 Å². The molecule has 128 valence electrons. The Morgan fingerprint density at radius 3 is 2.88 bits per heavy atom. The lowest BCUT2D eigenvalue weighted by Gasteiger charge is -2.12. The van der Waals surface area contributed by atoms with Gasteiger partial charge in [-0.2, -0.15) is 0 Å². The fraction of sp³-hybridized carbons (Fsp3) is 0.333. The topological polar surface area (TPSA) is 93.1 Å². The van der Waals surface area contributed by atoms with Crippen LogP contribution in [0.1, 0.15) is 6.42 Å². The number of halogens is 1. The summed E-state index contributed by atoms with van der Waals surface area (Å²) in [6, 6.07) is 4.78. The average molecular weight is 369 g/mol. The van der Waals surface area contributed by atoms with Crippen LogP contribution in [0.4, 0.5) is 10.5 Å². The predicted molar refractivity (Wildman–Crippen MR) is 92.4 cm³/mol. The van der Waals surface area contributed by atoms with Crippen molar-refractivity contribution in [2.24, 2.45) is 5.92 Å². The van der Waals surface area contributed by atoms with Gasteiger partial charge in [0.1, 0.15) is 0 Å². The maximum atomic E-state index is 11.9. The smallest absolute Gasteiger partial charge is 0.319 e.